The molecule has 2 heteroatoms. The van der Waals surface area contributed by atoms with Crippen LogP contribution in [0.15, 0.2) is 48.5 Å². The molecule has 0 amide bonds. The van der Waals surface area contributed by atoms with E-state index < -0.39 is 0 Å². The van der Waals surface area contributed by atoms with E-state index >= 15 is 0 Å². The molecule has 2 aromatic carbocycles. The van der Waals surface area contributed by atoms with E-state index in [1.807, 2.05) is 24.3 Å². The standard InChI is InChI=1S/C18H22O2/c1-13(2)15-5-9-17(10-6-15)19-20-18-11-7-16(8-12-18)14(3)4/h5-14H,1-4H3. The molecule has 2 aromatic rings. The average molecular weight is 270 g/mol. The van der Waals surface area contributed by atoms with Crippen molar-refractivity contribution in [1.82, 2.24) is 0 Å². The van der Waals surface area contributed by atoms with Crippen LogP contribution in [0.4, 0.5) is 0 Å². The zero-order valence-corrected chi connectivity index (χ0v) is 12.6. The number of hydrogen-bond donors (Lipinski definition) is 0. The zero-order chi connectivity index (χ0) is 14.5. The van der Waals surface area contributed by atoms with Gasteiger partial charge in [-0.1, -0.05) is 52.0 Å². The highest BCUT2D eigenvalue weighted by Crippen LogP contribution is 2.21. The molecule has 0 unspecified atom stereocenters. The van der Waals surface area contributed by atoms with E-state index in [4.69, 9.17) is 9.78 Å². The molecule has 0 atom stereocenters. The van der Waals surface area contributed by atoms with Crippen LogP contribution in [0.5, 0.6) is 11.5 Å². The Morgan fingerprint density at radius 3 is 1.10 bits per heavy atom. The summed E-state index contributed by atoms with van der Waals surface area (Å²) in [5.41, 5.74) is 2.58. The van der Waals surface area contributed by atoms with Crippen molar-refractivity contribution >= 4 is 0 Å². The summed E-state index contributed by atoms with van der Waals surface area (Å²) in [5, 5.41) is 0. The molecule has 2 rings (SSSR count). The minimum atomic E-state index is 0.522. The summed E-state index contributed by atoms with van der Waals surface area (Å²) >= 11 is 0. The molecule has 106 valence electrons. The molecule has 20 heavy (non-hydrogen) atoms. The Labute approximate surface area is 121 Å². The van der Waals surface area contributed by atoms with Gasteiger partial charge in [-0.15, -0.1) is 0 Å². The van der Waals surface area contributed by atoms with Gasteiger partial charge in [-0.2, -0.15) is 0 Å². The normalized spacial score (nSPS) is 10.9. The van der Waals surface area contributed by atoms with Crippen molar-refractivity contribution in [2.45, 2.75) is 39.5 Å². The molecule has 0 radical (unpaired) electrons. The van der Waals surface area contributed by atoms with Crippen molar-refractivity contribution in [3.8, 4) is 11.5 Å². The van der Waals surface area contributed by atoms with E-state index in [1.165, 1.54) is 11.1 Å². The smallest absolute Gasteiger partial charge is 0.178 e. The quantitative estimate of drug-likeness (QED) is 0.541. The third-order valence-corrected chi connectivity index (χ3v) is 3.33. The van der Waals surface area contributed by atoms with Gasteiger partial charge < -0.3 is 0 Å². The average Bonchev–Trinajstić information content (AvgIpc) is 2.46. The highest BCUT2D eigenvalue weighted by Gasteiger charge is 2.02. The van der Waals surface area contributed by atoms with E-state index in [2.05, 4.69) is 52.0 Å². The van der Waals surface area contributed by atoms with Crippen LogP contribution in [0.1, 0.15) is 50.7 Å². The summed E-state index contributed by atoms with van der Waals surface area (Å²) in [6.45, 7) is 8.68. The van der Waals surface area contributed by atoms with Gasteiger partial charge in [0.1, 0.15) is 0 Å². The van der Waals surface area contributed by atoms with Gasteiger partial charge in [0.05, 0.1) is 0 Å². The van der Waals surface area contributed by atoms with E-state index in [0.29, 0.717) is 23.3 Å². The van der Waals surface area contributed by atoms with Crippen molar-refractivity contribution < 1.29 is 9.78 Å². The van der Waals surface area contributed by atoms with Crippen LogP contribution >= 0.6 is 0 Å². The van der Waals surface area contributed by atoms with Crippen molar-refractivity contribution in [1.29, 1.82) is 0 Å². The Hall–Kier alpha value is -1.96. The predicted octanol–water partition coefficient (Wildman–Crippen LogP) is 5.31. The lowest BCUT2D eigenvalue weighted by atomic mass is 10.0. The molecular formula is C18H22O2. The number of rotatable bonds is 5. The molecule has 0 bridgehead atoms. The Morgan fingerprint density at radius 2 is 0.850 bits per heavy atom. The zero-order valence-electron chi connectivity index (χ0n) is 12.6. The van der Waals surface area contributed by atoms with Gasteiger partial charge in [-0.3, -0.25) is 9.78 Å². The number of hydrogen-bond acceptors (Lipinski definition) is 2. The lowest BCUT2D eigenvalue weighted by Gasteiger charge is -2.09. The van der Waals surface area contributed by atoms with Crippen molar-refractivity contribution in [2.75, 3.05) is 0 Å². The van der Waals surface area contributed by atoms with Crippen molar-refractivity contribution in [3.63, 3.8) is 0 Å². The predicted molar refractivity (Wildman–Crippen MR) is 82.3 cm³/mol. The van der Waals surface area contributed by atoms with Crippen LogP contribution in [0, 0.1) is 0 Å². The molecule has 0 aromatic heterocycles. The molecule has 0 saturated carbocycles. The van der Waals surface area contributed by atoms with Crippen molar-refractivity contribution in [3.05, 3.63) is 59.7 Å². The van der Waals surface area contributed by atoms with Crippen LogP contribution < -0.4 is 9.78 Å². The summed E-state index contributed by atoms with van der Waals surface area (Å²) in [5.74, 6) is 2.46. The van der Waals surface area contributed by atoms with Gasteiger partial charge >= 0.3 is 0 Å². The van der Waals surface area contributed by atoms with Gasteiger partial charge in [0, 0.05) is 0 Å². The molecule has 0 aliphatic carbocycles. The third-order valence-electron chi connectivity index (χ3n) is 3.33. The summed E-state index contributed by atoms with van der Waals surface area (Å²) < 4.78 is 0. The minimum Gasteiger partial charge on any atom is -0.290 e. The monoisotopic (exact) mass is 270 g/mol. The van der Waals surface area contributed by atoms with Gasteiger partial charge in [0.2, 0.25) is 0 Å². The highest BCUT2D eigenvalue weighted by atomic mass is 17.2. The molecule has 0 saturated heterocycles. The SMILES string of the molecule is CC(C)c1ccc(OOc2ccc(C(C)C)cc2)cc1. The second kappa shape index (κ2) is 6.47. The Bertz CT molecular complexity index is 473. The van der Waals surface area contributed by atoms with Crippen LogP contribution in [-0.4, -0.2) is 0 Å². The molecular weight excluding hydrogens is 248 g/mol. The Morgan fingerprint density at radius 1 is 0.550 bits per heavy atom. The molecule has 0 aliphatic heterocycles. The second-order valence-electron chi connectivity index (χ2n) is 5.61. The first kappa shape index (κ1) is 14.4. The van der Waals surface area contributed by atoms with Gasteiger partial charge in [0.15, 0.2) is 11.5 Å². The topological polar surface area (TPSA) is 18.5 Å². The molecule has 0 N–H and O–H groups in total. The molecule has 0 spiro atoms. The first-order valence-corrected chi connectivity index (χ1v) is 7.10. The maximum Gasteiger partial charge on any atom is 0.178 e. The van der Waals surface area contributed by atoms with Gasteiger partial charge in [-0.05, 0) is 47.2 Å². The summed E-state index contributed by atoms with van der Waals surface area (Å²) in [6.07, 6.45) is 0. The van der Waals surface area contributed by atoms with E-state index in [9.17, 15) is 0 Å². The minimum absolute atomic E-state index is 0.522. The van der Waals surface area contributed by atoms with Crippen LogP contribution in [0.2, 0.25) is 0 Å². The maximum atomic E-state index is 5.33. The summed E-state index contributed by atoms with van der Waals surface area (Å²) in [6, 6.07) is 16.0. The van der Waals surface area contributed by atoms with Crippen molar-refractivity contribution in [2.24, 2.45) is 0 Å². The van der Waals surface area contributed by atoms with Crippen LogP contribution in [-0.2, 0) is 0 Å². The number of benzene rings is 2. The lowest BCUT2D eigenvalue weighted by molar-refractivity contribution is -0.0999. The fraction of sp³-hybridized carbons (Fsp3) is 0.333. The van der Waals surface area contributed by atoms with Gasteiger partial charge in [-0.25, -0.2) is 0 Å². The highest BCUT2D eigenvalue weighted by molar-refractivity contribution is 5.30. The van der Waals surface area contributed by atoms with Crippen LogP contribution in [0.3, 0.4) is 0 Å². The molecule has 0 fully saturated rings. The molecule has 0 aliphatic rings. The largest absolute Gasteiger partial charge is 0.290 e. The first-order chi connectivity index (χ1) is 9.56. The van der Waals surface area contributed by atoms with E-state index in [1.54, 1.807) is 0 Å². The van der Waals surface area contributed by atoms with E-state index in [0.717, 1.165) is 0 Å². The lowest BCUT2D eigenvalue weighted by Crippen LogP contribution is -2.00. The van der Waals surface area contributed by atoms with E-state index in [-0.39, 0.29) is 0 Å². The Balaban J connectivity index is 1.94. The summed E-state index contributed by atoms with van der Waals surface area (Å²) in [4.78, 5) is 10.7. The fourth-order valence-electron chi connectivity index (χ4n) is 1.91. The fourth-order valence-corrected chi connectivity index (χ4v) is 1.91. The molecule has 2 nitrogen and oxygen atoms in total. The third kappa shape index (κ3) is 3.77. The molecule has 0 heterocycles. The van der Waals surface area contributed by atoms with Crippen LogP contribution in [0.25, 0.3) is 0 Å². The second-order valence-corrected chi connectivity index (χ2v) is 5.61. The van der Waals surface area contributed by atoms with Gasteiger partial charge in [0.25, 0.3) is 0 Å². The maximum absolute atomic E-state index is 5.33. The Kier molecular flexibility index (Phi) is 4.67. The first-order valence-electron chi connectivity index (χ1n) is 7.10. The summed E-state index contributed by atoms with van der Waals surface area (Å²) in [7, 11) is 0.